The van der Waals surface area contributed by atoms with Crippen LogP contribution in [-0.2, 0) is 11.3 Å². The average molecular weight is 396 g/mol. The van der Waals surface area contributed by atoms with Crippen LogP contribution in [0.2, 0.25) is 0 Å². The molecule has 1 fully saturated rings. The first-order valence-corrected chi connectivity index (χ1v) is 10.7. The van der Waals surface area contributed by atoms with Gasteiger partial charge in [-0.15, -0.1) is 11.3 Å². The minimum absolute atomic E-state index is 0.0729. The third-order valence-corrected chi connectivity index (χ3v) is 6.56. The molecule has 0 atom stereocenters. The number of aromatic nitrogens is 2. The van der Waals surface area contributed by atoms with Crippen molar-refractivity contribution in [2.24, 2.45) is 5.92 Å². The van der Waals surface area contributed by atoms with Crippen LogP contribution in [-0.4, -0.2) is 34.0 Å². The zero-order valence-electron chi connectivity index (χ0n) is 16.4. The van der Waals surface area contributed by atoms with Crippen LogP contribution in [0.25, 0.3) is 21.3 Å². The molecule has 0 bridgehead atoms. The van der Waals surface area contributed by atoms with Gasteiger partial charge in [0.15, 0.2) is 0 Å². The van der Waals surface area contributed by atoms with Gasteiger partial charge >= 0.3 is 0 Å². The second kappa shape index (κ2) is 7.87. The van der Waals surface area contributed by atoms with Gasteiger partial charge in [0, 0.05) is 37.5 Å². The summed E-state index contributed by atoms with van der Waals surface area (Å²) in [4.78, 5) is 32.5. The van der Waals surface area contributed by atoms with Crippen LogP contribution >= 0.6 is 11.3 Å². The summed E-state index contributed by atoms with van der Waals surface area (Å²) in [6.07, 6.45) is 5.60. The normalized spacial score (nSPS) is 14.2. The Hall–Kier alpha value is -2.47. The van der Waals surface area contributed by atoms with E-state index in [0.717, 1.165) is 22.5 Å². The first-order valence-electron chi connectivity index (χ1n) is 9.80. The van der Waals surface area contributed by atoms with Crippen LogP contribution in [0.5, 0.6) is 0 Å². The zero-order chi connectivity index (χ0) is 19.7. The molecule has 2 heterocycles. The fourth-order valence-electron chi connectivity index (χ4n) is 3.64. The van der Waals surface area contributed by atoms with Crippen molar-refractivity contribution in [3.63, 3.8) is 0 Å². The molecule has 0 unspecified atom stereocenters. The van der Waals surface area contributed by atoms with Crippen molar-refractivity contribution in [3.05, 3.63) is 51.9 Å². The number of fused-ring (bicyclic) bond motifs is 1. The number of carbonyl (C=O) groups is 1. The zero-order valence-corrected chi connectivity index (χ0v) is 17.2. The van der Waals surface area contributed by atoms with Gasteiger partial charge in [0.2, 0.25) is 5.91 Å². The van der Waals surface area contributed by atoms with E-state index in [1.807, 2.05) is 48.5 Å². The number of hydrogen-bond donors (Lipinski definition) is 0. The van der Waals surface area contributed by atoms with Crippen LogP contribution in [0.15, 0.2) is 40.8 Å². The van der Waals surface area contributed by atoms with Crippen molar-refractivity contribution < 1.29 is 4.79 Å². The summed E-state index contributed by atoms with van der Waals surface area (Å²) in [5, 5.41) is 2.64. The largest absolute Gasteiger partial charge is 0.345 e. The molecule has 3 aromatic rings. The van der Waals surface area contributed by atoms with Crippen LogP contribution in [0.1, 0.15) is 31.2 Å². The predicted molar refractivity (Wildman–Crippen MR) is 114 cm³/mol. The molecule has 1 amide bonds. The van der Waals surface area contributed by atoms with Crippen molar-refractivity contribution in [2.75, 3.05) is 13.6 Å². The van der Waals surface area contributed by atoms with E-state index in [2.05, 4.69) is 4.98 Å². The van der Waals surface area contributed by atoms with Gasteiger partial charge in [0.05, 0.1) is 11.7 Å². The lowest BCUT2D eigenvalue weighted by Gasteiger charge is -2.30. The summed E-state index contributed by atoms with van der Waals surface area (Å²) in [7, 11) is 1.86. The van der Waals surface area contributed by atoms with E-state index in [-0.39, 0.29) is 11.5 Å². The highest BCUT2D eigenvalue weighted by Crippen LogP contribution is 2.30. The Morgan fingerprint density at radius 3 is 2.71 bits per heavy atom. The molecule has 2 aromatic heterocycles. The van der Waals surface area contributed by atoms with Gasteiger partial charge in [-0.05, 0) is 31.2 Å². The lowest BCUT2D eigenvalue weighted by atomic mass is 9.85. The summed E-state index contributed by atoms with van der Waals surface area (Å²) in [6, 6.07) is 8.16. The molecule has 4 rings (SSSR count). The van der Waals surface area contributed by atoms with Crippen molar-refractivity contribution in [1.82, 2.24) is 14.5 Å². The topological polar surface area (TPSA) is 55.2 Å². The van der Waals surface area contributed by atoms with E-state index in [4.69, 9.17) is 0 Å². The summed E-state index contributed by atoms with van der Waals surface area (Å²) in [6.45, 7) is 3.23. The van der Waals surface area contributed by atoms with Gasteiger partial charge in [-0.2, -0.15) is 0 Å². The molecule has 1 aromatic carbocycles. The first-order chi connectivity index (χ1) is 13.5. The summed E-state index contributed by atoms with van der Waals surface area (Å²) in [5.74, 6) is 0.737. The number of rotatable bonds is 6. The SMILES string of the molecule is Cc1ccc(-c2csc3ncn(CCC(=O)N(C)CC4CCC4)c(=O)c23)cc1. The molecule has 0 radical (unpaired) electrons. The monoisotopic (exact) mass is 395 g/mol. The highest BCUT2D eigenvalue weighted by Gasteiger charge is 2.21. The van der Waals surface area contributed by atoms with E-state index in [1.165, 1.54) is 36.2 Å². The Labute approximate surface area is 168 Å². The molecule has 6 heteroatoms. The predicted octanol–water partition coefficient (Wildman–Crippen LogP) is 4.08. The van der Waals surface area contributed by atoms with E-state index in [0.29, 0.717) is 24.3 Å². The molecule has 0 aliphatic heterocycles. The molecule has 5 nitrogen and oxygen atoms in total. The summed E-state index contributed by atoms with van der Waals surface area (Å²) in [5.41, 5.74) is 3.05. The number of thiophene rings is 1. The minimum atomic E-state index is -0.0729. The van der Waals surface area contributed by atoms with Gasteiger partial charge < -0.3 is 4.90 Å². The molecule has 28 heavy (non-hydrogen) atoms. The number of hydrogen-bond acceptors (Lipinski definition) is 4. The van der Waals surface area contributed by atoms with Crippen molar-refractivity contribution in [2.45, 2.75) is 39.2 Å². The van der Waals surface area contributed by atoms with Crippen molar-refractivity contribution >= 4 is 27.5 Å². The van der Waals surface area contributed by atoms with Gasteiger partial charge in [-0.25, -0.2) is 4.98 Å². The fourth-order valence-corrected chi connectivity index (χ4v) is 4.55. The molecule has 1 aliphatic rings. The second-order valence-electron chi connectivity index (χ2n) is 7.76. The molecule has 0 saturated heterocycles. The molecular formula is C22H25N3O2S. The molecule has 0 spiro atoms. The maximum atomic E-state index is 13.1. The number of nitrogens with zero attached hydrogens (tertiary/aromatic N) is 3. The van der Waals surface area contributed by atoms with E-state index >= 15 is 0 Å². The van der Waals surface area contributed by atoms with Crippen LogP contribution in [0.3, 0.4) is 0 Å². The standard InChI is InChI=1S/C22H25N3O2S/c1-15-6-8-17(9-7-15)18-13-28-21-20(18)22(27)25(14-23-21)11-10-19(26)24(2)12-16-4-3-5-16/h6-9,13-14,16H,3-5,10-12H2,1-2H3. The van der Waals surface area contributed by atoms with E-state index in [9.17, 15) is 9.59 Å². The van der Waals surface area contributed by atoms with E-state index in [1.54, 1.807) is 10.9 Å². The number of benzene rings is 1. The van der Waals surface area contributed by atoms with Crippen molar-refractivity contribution in [3.8, 4) is 11.1 Å². The van der Waals surface area contributed by atoms with Gasteiger partial charge in [-0.3, -0.25) is 14.2 Å². The Kier molecular flexibility index (Phi) is 5.31. The third-order valence-electron chi connectivity index (χ3n) is 5.67. The maximum absolute atomic E-state index is 13.1. The Morgan fingerprint density at radius 1 is 1.29 bits per heavy atom. The fraction of sp³-hybridized carbons (Fsp3) is 0.409. The lowest BCUT2D eigenvalue weighted by Crippen LogP contribution is -2.35. The third kappa shape index (κ3) is 3.74. The Bertz CT molecular complexity index is 1050. The van der Waals surface area contributed by atoms with Crippen molar-refractivity contribution in [1.29, 1.82) is 0 Å². The van der Waals surface area contributed by atoms with E-state index < -0.39 is 0 Å². The van der Waals surface area contributed by atoms with Gasteiger partial charge in [0.25, 0.3) is 5.56 Å². The number of aryl methyl sites for hydroxylation is 2. The maximum Gasteiger partial charge on any atom is 0.262 e. The molecular weight excluding hydrogens is 370 g/mol. The summed E-state index contributed by atoms with van der Waals surface area (Å²) >= 11 is 1.48. The minimum Gasteiger partial charge on any atom is -0.345 e. The number of amides is 1. The Balaban J connectivity index is 1.54. The van der Waals surface area contributed by atoms with Gasteiger partial charge in [0.1, 0.15) is 4.83 Å². The molecule has 1 aliphatic carbocycles. The van der Waals surface area contributed by atoms with Crippen LogP contribution in [0, 0.1) is 12.8 Å². The van der Waals surface area contributed by atoms with Crippen LogP contribution < -0.4 is 5.56 Å². The quantitative estimate of drug-likeness (QED) is 0.632. The smallest absolute Gasteiger partial charge is 0.262 e. The summed E-state index contributed by atoms with van der Waals surface area (Å²) < 4.78 is 1.57. The average Bonchev–Trinajstić information content (AvgIpc) is 3.09. The second-order valence-corrected chi connectivity index (χ2v) is 8.62. The molecule has 146 valence electrons. The van der Waals surface area contributed by atoms with Gasteiger partial charge in [-0.1, -0.05) is 36.2 Å². The highest BCUT2D eigenvalue weighted by molar-refractivity contribution is 7.17. The first kappa shape index (κ1) is 18.9. The number of carbonyl (C=O) groups excluding carboxylic acids is 1. The lowest BCUT2D eigenvalue weighted by molar-refractivity contribution is -0.131. The van der Waals surface area contributed by atoms with Crippen LogP contribution in [0.4, 0.5) is 0 Å². The highest BCUT2D eigenvalue weighted by atomic mass is 32.1. The Morgan fingerprint density at radius 2 is 2.04 bits per heavy atom. The molecule has 0 N–H and O–H groups in total. The molecule has 1 saturated carbocycles.